The third kappa shape index (κ3) is 2.82. The van der Waals surface area contributed by atoms with Crippen molar-refractivity contribution in [2.75, 3.05) is 5.32 Å². The number of aromatic nitrogens is 3. The van der Waals surface area contributed by atoms with E-state index < -0.39 is 11.7 Å². The quantitative estimate of drug-likeness (QED) is 0.778. The van der Waals surface area contributed by atoms with Crippen LogP contribution in [-0.4, -0.2) is 20.5 Å². The molecule has 0 spiro atoms. The van der Waals surface area contributed by atoms with Crippen molar-refractivity contribution in [2.24, 2.45) is 0 Å². The van der Waals surface area contributed by atoms with Crippen molar-refractivity contribution in [1.82, 2.24) is 14.6 Å². The summed E-state index contributed by atoms with van der Waals surface area (Å²) in [6.45, 7) is 2.99. The van der Waals surface area contributed by atoms with Crippen LogP contribution in [0.5, 0.6) is 0 Å². The van der Waals surface area contributed by atoms with E-state index in [9.17, 15) is 18.0 Å². The number of carbonyl (C=O) groups is 1. The third-order valence-electron chi connectivity index (χ3n) is 3.53. The summed E-state index contributed by atoms with van der Waals surface area (Å²) in [6.07, 6.45) is -2.96. The SMILES string of the molecule is CC(=O)Nc1cc(-c2ccccc2C(F)(F)F)cn2c(C)nnc12. The summed E-state index contributed by atoms with van der Waals surface area (Å²) >= 11 is 0. The van der Waals surface area contributed by atoms with Gasteiger partial charge in [-0.25, -0.2) is 0 Å². The van der Waals surface area contributed by atoms with Crippen LogP contribution in [0.4, 0.5) is 18.9 Å². The van der Waals surface area contributed by atoms with Crippen LogP contribution in [0.1, 0.15) is 18.3 Å². The molecule has 0 bridgehead atoms. The van der Waals surface area contributed by atoms with E-state index >= 15 is 0 Å². The first-order chi connectivity index (χ1) is 11.3. The van der Waals surface area contributed by atoms with Gasteiger partial charge < -0.3 is 5.32 Å². The molecule has 1 aromatic carbocycles. The molecule has 3 aromatic rings. The van der Waals surface area contributed by atoms with E-state index in [-0.39, 0.29) is 11.5 Å². The van der Waals surface area contributed by atoms with Crippen LogP contribution >= 0.6 is 0 Å². The Labute approximate surface area is 135 Å². The van der Waals surface area contributed by atoms with Gasteiger partial charge in [-0.15, -0.1) is 10.2 Å². The van der Waals surface area contributed by atoms with Crippen LogP contribution < -0.4 is 5.32 Å². The lowest BCUT2D eigenvalue weighted by Crippen LogP contribution is -2.09. The van der Waals surface area contributed by atoms with Crippen molar-refractivity contribution in [1.29, 1.82) is 0 Å². The smallest absolute Gasteiger partial charge is 0.323 e. The highest BCUT2D eigenvalue weighted by molar-refractivity contribution is 5.94. The average Bonchev–Trinajstić information content (AvgIpc) is 2.88. The van der Waals surface area contributed by atoms with Gasteiger partial charge >= 0.3 is 6.18 Å². The Hall–Kier alpha value is -2.90. The summed E-state index contributed by atoms with van der Waals surface area (Å²) in [6, 6.07) is 6.75. The van der Waals surface area contributed by atoms with Gasteiger partial charge in [0.05, 0.1) is 11.3 Å². The molecule has 0 aliphatic heterocycles. The summed E-state index contributed by atoms with van der Waals surface area (Å²) in [7, 11) is 0. The maximum Gasteiger partial charge on any atom is 0.417 e. The lowest BCUT2D eigenvalue weighted by atomic mass is 10.0. The van der Waals surface area contributed by atoms with Crippen LogP contribution in [0, 0.1) is 6.92 Å². The first-order valence-electron chi connectivity index (χ1n) is 7.07. The lowest BCUT2D eigenvalue weighted by molar-refractivity contribution is -0.137. The van der Waals surface area contributed by atoms with Crippen molar-refractivity contribution >= 4 is 17.2 Å². The van der Waals surface area contributed by atoms with Gasteiger partial charge in [-0.2, -0.15) is 13.2 Å². The number of carbonyl (C=O) groups excluding carboxylic acids is 1. The number of benzene rings is 1. The number of aryl methyl sites for hydroxylation is 1. The molecule has 8 heteroatoms. The number of halogens is 3. The van der Waals surface area contributed by atoms with Gasteiger partial charge in [0.15, 0.2) is 5.65 Å². The molecule has 2 aromatic heterocycles. The van der Waals surface area contributed by atoms with Crippen molar-refractivity contribution in [3.8, 4) is 11.1 Å². The highest BCUT2D eigenvalue weighted by atomic mass is 19.4. The molecule has 0 radical (unpaired) electrons. The second kappa shape index (κ2) is 5.63. The Morgan fingerprint density at radius 2 is 1.92 bits per heavy atom. The monoisotopic (exact) mass is 334 g/mol. The molecule has 0 saturated heterocycles. The van der Waals surface area contributed by atoms with Crippen molar-refractivity contribution in [3.63, 3.8) is 0 Å². The van der Waals surface area contributed by atoms with E-state index in [2.05, 4.69) is 15.5 Å². The molecule has 1 N–H and O–H groups in total. The lowest BCUT2D eigenvalue weighted by Gasteiger charge is -2.14. The molecular formula is C16H13F3N4O. The van der Waals surface area contributed by atoms with E-state index in [1.54, 1.807) is 11.3 Å². The maximum absolute atomic E-state index is 13.3. The van der Waals surface area contributed by atoms with Gasteiger partial charge in [0.1, 0.15) is 5.82 Å². The summed E-state index contributed by atoms with van der Waals surface area (Å²) in [5.74, 6) is 0.154. The molecule has 0 saturated carbocycles. The minimum absolute atomic E-state index is 0.0200. The Morgan fingerprint density at radius 3 is 2.58 bits per heavy atom. The number of hydrogen-bond acceptors (Lipinski definition) is 3. The minimum atomic E-state index is -4.48. The zero-order chi connectivity index (χ0) is 17.5. The fourth-order valence-corrected chi connectivity index (χ4v) is 2.51. The topological polar surface area (TPSA) is 59.3 Å². The fraction of sp³-hybridized carbons (Fsp3) is 0.188. The second-order valence-electron chi connectivity index (χ2n) is 5.31. The normalized spacial score (nSPS) is 11.7. The van der Waals surface area contributed by atoms with E-state index in [4.69, 9.17) is 0 Å². The number of nitrogens with one attached hydrogen (secondary N) is 1. The van der Waals surface area contributed by atoms with Crippen LogP contribution in [0.2, 0.25) is 0 Å². The van der Waals surface area contributed by atoms with Crippen LogP contribution in [-0.2, 0) is 11.0 Å². The Balaban J connectivity index is 2.28. The minimum Gasteiger partial charge on any atom is -0.323 e. The number of pyridine rings is 1. The molecule has 0 fully saturated rings. The standard InChI is InChI=1S/C16H13F3N4O/c1-9-21-22-15-14(20-10(2)24)7-11(8-23(9)15)12-5-3-4-6-13(12)16(17,18)19/h3-8H,1-2H3,(H,20,24). The van der Waals surface area contributed by atoms with Crippen LogP contribution in [0.15, 0.2) is 36.5 Å². The van der Waals surface area contributed by atoms with Crippen LogP contribution in [0.3, 0.4) is 0 Å². The maximum atomic E-state index is 13.3. The van der Waals surface area contributed by atoms with Gasteiger partial charge in [-0.1, -0.05) is 18.2 Å². The number of amides is 1. The molecule has 2 heterocycles. The molecule has 0 atom stereocenters. The van der Waals surface area contributed by atoms with Gasteiger partial charge in [0, 0.05) is 18.7 Å². The largest absolute Gasteiger partial charge is 0.417 e. The number of fused-ring (bicyclic) bond motifs is 1. The van der Waals surface area contributed by atoms with Gasteiger partial charge in [0.25, 0.3) is 0 Å². The number of anilines is 1. The molecular weight excluding hydrogens is 321 g/mol. The first kappa shape index (κ1) is 16.0. The third-order valence-corrected chi connectivity index (χ3v) is 3.53. The number of rotatable bonds is 2. The molecule has 24 heavy (non-hydrogen) atoms. The molecule has 5 nitrogen and oxygen atoms in total. The Kier molecular flexibility index (Phi) is 3.75. The average molecular weight is 334 g/mol. The van der Waals surface area contributed by atoms with Crippen molar-refractivity contribution < 1.29 is 18.0 Å². The molecule has 3 rings (SSSR count). The number of alkyl halides is 3. The summed E-state index contributed by atoms with van der Waals surface area (Å²) in [5, 5.41) is 10.4. The van der Waals surface area contributed by atoms with E-state index in [0.29, 0.717) is 22.7 Å². The molecule has 1 amide bonds. The van der Waals surface area contributed by atoms with Gasteiger partial charge in [0.2, 0.25) is 5.91 Å². The van der Waals surface area contributed by atoms with Gasteiger partial charge in [-0.3, -0.25) is 9.20 Å². The fourth-order valence-electron chi connectivity index (χ4n) is 2.51. The zero-order valence-electron chi connectivity index (χ0n) is 12.8. The summed E-state index contributed by atoms with van der Waals surface area (Å²) in [5.41, 5.74) is 0.256. The number of nitrogens with zero attached hydrogens (tertiary/aromatic N) is 3. The van der Waals surface area contributed by atoms with E-state index in [0.717, 1.165) is 6.07 Å². The van der Waals surface area contributed by atoms with E-state index in [1.165, 1.54) is 37.4 Å². The van der Waals surface area contributed by atoms with E-state index in [1.807, 2.05) is 0 Å². The van der Waals surface area contributed by atoms with Crippen molar-refractivity contribution in [3.05, 3.63) is 47.9 Å². The predicted octanol–water partition coefficient (Wildman–Crippen LogP) is 3.68. The first-order valence-corrected chi connectivity index (χ1v) is 7.07. The second-order valence-corrected chi connectivity index (χ2v) is 5.31. The number of hydrogen-bond donors (Lipinski definition) is 1. The molecule has 0 unspecified atom stereocenters. The van der Waals surface area contributed by atoms with Crippen molar-refractivity contribution in [2.45, 2.75) is 20.0 Å². The Morgan fingerprint density at radius 1 is 1.21 bits per heavy atom. The summed E-state index contributed by atoms with van der Waals surface area (Å²) in [4.78, 5) is 11.4. The highest BCUT2D eigenvalue weighted by Crippen LogP contribution is 2.38. The molecule has 0 aliphatic rings. The highest BCUT2D eigenvalue weighted by Gasteiger charge is 2.33. The molecule has 124 valence electrons. The Bertz CT molecular complexity index is 931. The summed E-state index contributed by atoms with van der Waals surface area (Å²) < 4.78 is 41.4. The van der Waals surface area contributed by atoms with Crippen LogP contribution in [0.25, 0.3) is 16.8 Å². The van der Waals surface area contributed by atoms with Gasteiger partial charge in [-0.05, 0) is 24.6 Å². The predicted molar refractivity (Wildman–Crippen MR) is 82.5 cm³/mol. The molecule has 0 aliphatic carbocycles. The zero-order valence-corrected chi connectivity index (χ0v) is 12.8.